The van der Waals surface area contributed by atoms with E-state index in [1.807, 2.05) is 0 Å². The summed E-state index contributed by atoms with van der Waals surface area (Å²) in [5.74, 6) is -8.34. The van der Waals surface area contributed by atoms with Crippen molar-refractivity contribution in [3.63, 3.8) is 0 Å². The fourth-order valence-corrected chi connectivity index (χ4v) is 5.92. The Hall–Kier alpha value is -4.77. The smallest absolute Gasteiger partial charge is 0.326 e. The molecule has 0 radical (unpaired) electrons. The van der Waals surface area contributed by atoms with E-state index in [1.54, 1.807) is 27.7 Å². The molecule has 1 saturated carbocycles. The number of carbonyl (C=O) groups excluding carboxylic acids is 7. The molecule has 1 rings (SSSR count). The SMILES string of the molecule is CC(=O)N[C@@H](CCC(N)=O)C(=O)N[C@@H](CC1CCCCC1)C(=O)N[C@@H](CC(=O)O)C(=O)N[C@@H](CC(C)C)C(=O)NCC(=O)N[C@@H](CC(C)C)C(=O)O. The van der Waals surface area contributed by atoms with Crippen LogP contribution in [0.15, 0.2) is 0 Å². The van der Waals surface area contributed by atoms with Crippen LogP contribution in [0.1, 0.15) is 105 Å². The average molecular weight is 740 g/mol. The largest absolute Gasteiger partial charge is 0.481 e. The molecule has 0 aliphatic heterocycles. The lowest BCUT2D eigenvalue weighted by Gasteiger charge is -2.29. The minimum atomic E-state index is -1.69. The molecule has 18 heteroatoms. The molecule has 294 valence electrons. The van der Waals surface area contributed by atoms with Gasteiger partial charge in [-0.05, 0) is 43.4 Å². The van der Waals surface area contributed by atoms with Crippen LogP contribution in [0.5, 0.6) is 0 Å². The first-order chi connectivity index (χ1) is 24.3. The topological polar surface area (TPSA) is 292 Å². The number of carboxylic acids is 2. The molecule has 7 amide bonds. The summed E-state index contributed by atoms with van der Waals surface area (Å²) in [6, 6.07) is -6.57. The van der Waals surface area contributed by atoms with E-state index in [1.165, 1.54) is 6.92 Å². The van der Waals surface area contributed by atoms with Crippen molar-refractivity contribution >= 4 is 53.3 Å². The van der Waals surface area contributed by atoms with Gasteiger partial charge in [0.05, 0.1) is 13.0 Å². The number of nitrogens with two attached hydrogens (primary N) is 1. The first-order valence-corrected chi connectivity index (χ1v) is 17.8. The minimum Gasteiger partial charge on any atom is -0.481 e. The molecule has 1 aliphatic carbocycles. The Bertz CT molecular complexity index is 1280. The van der Waals surface area contributed by atoms with Crippen LogP contribution in [0.25, 0.3) is 0 Å². The molecule has 0 saturated heterocycles. The van der Waals surface area contributed by atoms with Gasteiger partial charge in [0, 0.05) is 13.3 Å². The standard InChI is InChI=1S/C34H57N7O11/c1-18(2)13-23(30(47)36-17-28(44)38-26(34(51)52)14-19(3)4)39-33(50)25(16-29(45)46)41-32(49)24(15-21-9-7-6-8-10-21)40-31(48)22(37-20(5)42)11-12-27(35)43/h18-19,21-26H,6-17H2,1-5H3,(H2,35,43)(H,36,47)(H,37,42)(H,38,44)(H,39,50)(H,40,48)(H,41,49)(H,45,46)(H,51,52)/t22-,23-,24-,25-,26-/m0/s1. The molecular formula is C34H57N7O11. The molecule has 18 nitrogen and oxygen atoms in total. The Kier molecular flexibility index (Phi) is 19.9. The zero-order valence-corrected chi connectivity index (χ0v) is 30.8. The lowest BCUT2D eigenvalue weighted by Crippen LogP contribution is -2.59. The van der Waals surface area contributed by atoms with Crippen molar-refractivity contribution in [2.45, 2.75) is 135 Å². The molecule has 0 aromatic heterocycles. The van der Waals surface area contributed by atoms with Crippen LogP contribution >= 0.6 is 0 Å². The summed E-state index contributed by atoms with van der Waals surface area (Å²) in [5, 5.41) is 33.6. The van der Waals surface area contributed by atoms with Gasteiger partial charge in [-0.3, -0.25) is 38.4 Å². The normalized spacial score (nSPS) is 16.0. The third kappa shape index (κ3) is 18.5. The van der Waals surface area contributed by atoms with Crippen LogP contribution in [0.4, 0.5) is 0 Å². The molecule has 0 aromatic rings. The van der Waals surface area contributed by atoms with Crippen molar-refractivity contribution in [3.8, 4) is 0 Å². The fraction of sp³-hybridized carbons (Fsp3) is 0.735. The Balaban J connectivity index is 3.18. The number of carbonyl (C=O) groups is 9. The first-order valence-electron chi connectivity index (χ1n) is 17.8. The van der Waals surface area contributed by atoms with E-state index >= 15 is 0 Å². The maximum Gasteiger partial charge on any atom is 0.326 e. The molecule has 1 fully saturated rings. The quantitative estimate of drug-likeness (QED) is 0.0640. The van der Waals surface area contributed by atoms with Gasteiger partial charge in [0.1, 0.15) is 30.2 Å². The van der Waals surface area contributed by atoms with Crippen LogP contribution < -0.4 is 37.6 Å². The Morgan fingerprint density at radius 1 is 0.654 bits per heavy atom. The number of hydrogen-bond acceptors (Lipinski definition) is 9. The highest BCUT2D eigenvalue weighted by molar-refractivity contribution is 5.97. The predicted molar refractivity (Wildman–Crippen MR) is 187 cm³/mol. The van der Waals surface area contributed by atoms with Gasteiger partial charge in [-0.15, -0.1) is 0 Å². The molecule has 10 N–H and O–H groups in total. The van der Waals surface area contributed by atoms with E-state index in [2.05, 4.69) is 31.9 Å². The summed E-state index contributed by atoms with van der Waals surface area (Å²) in [7, 11) is 0. The number of rotatable bonds is 23. The molecule has 52 heavy (non-hydrogen) atoms. The van der Waals surface area contributed by atoms with Crippen LogP contribution in [0.2, 0.25) is 0 Å². The Morgan fingerprint density at radius 3 is 1.69 bits per heavy atom. The molecule has 0 spiro atoms. The minimum absolute atomic E-state index is 0.0221. The Morgan fingerprint density at radius 2 is 1.17 bits per heavy atom. The van der Waals surface area contributed by atoms with Crippen molar-refractivity contribution in [3.05, 3.63) is 0 Å². The highest BCUT2D eigenvalue weighted by Crippen LogP contribution is 2.27. The van der Waals surface area contributed by atoms with Gasteiger partial charge < -0.3 is 47.8 Å². The molecule has 1 aliphatic rings. The van der Waals surface area contributed by atoms with E-state index in [-0.39, 0.29) is 49.9 Å². The average Bonchev–Trinajstić information content (AvgIpc) is 3.03. The van der Waals surface area contributed by atoms with Gasteiger partial charge in [0.2, 0.25) is 41.4 Å². The lowest BCUT2D eigenvalue weighted by atomic mass is 9.84. The first kappa shape index (κ1) is 45.3. The second-order valence-electron chi connectivity index (χ2n) is 14.2. The van der Waals surface area contributed by atoms with Crippen LogP contribution in [0, 0.1) is 17.8 Å². The second kappa shape index (κ2) is 22.9. The van der Waals surface area contributed by atoms with Crippen molar-refractivity contribution in [1.29, 1.82) is 0 Å². The third-order valence-corrected chi connectivity index (χ3v) is 8.42. The van der Waals surface area contributed by atoms with Crippen LogP contribution in [-0.2, 0) is 43.2 Å². The molecule has 0 bridgehead atoms. The number of carboxylic acid groups (broad SMARTS) is 2. The summed E-state index contributed by atoms with van der Waals surface area (Å²) in [5.41, 5.74) is 5.22. The van der Waals surface area contributed by atoms with E-state index in [9.17, 15) is 53.4 Å². The van der Waals surface area contributed by atoms with Gasteiger partial charge in [-0.1, -0.05) is 59.8 Å². The predicted octanol–water partition coefficient (Wildman–Crippen LogP) is -0.566. The molecule has 0 heterocycles. The molecule has 0 aromatic carbocycles. The van der Waals surface area contributed by atoms with E-state index < -0.39 is 96.5 Å². The van der Waals surface area contributed by atoms with Crippen LogP contribution in [-0.4, -0.2) is 100 Å². The van der Waals surface area contributed by atoms with Gasteiger partial charge in [0.25, 0.3) is 0 Å². The molecule has 0 unspecified atom stereocenters. The molecule has 5 atom stereocenters. The number of aliphatic carboxylic acids is 2. The number of hydrogen-bond donors (Lipinski definition) is 9. The zero-order chi connectivity index (χ0) is 39.5. The summed E-state index contributed by atoms with van der Waals surface area (Å²) in [6.45, 7) is 7.67. The van der Waals surface area contributed by atoms with E-state index in [0.717, 1.165) is 32.1 Å². The van der Waals surface area contributed by atoms with Crippen LogP contribution in [0.3, 0.4) is 0 Å². The highest BCUT2D eigenvalue weighted by atomic mass is 16.4. The number of nitrogens with one attached hydrogen (secondary N) is 6. The van der Waals surface area contributed by atoms with Crippen molar-refractivity contribution in [1.82, 2.24) is 31.9 Å². The van der Waals surface area contributed by atoms with E-state index in [0.29, 0.717) is 0 Å². The Labute approximate surface area is 303 Å². The van der Waals surface area contributed by atoms with Gasteiger partial charge in [-0.25, -0.2) is 4.79 Å². The number of amides is 7. The summed E-state index contributed by atoms with van der Waals surface area (Å²) < 4.78 is 0. The van der Waals surface area contributed by atoms with Crippen molar-refractivity contribution in [2.75, 3.05) is 6.54 Å². The maximum absolute atomic E-state index is 13.7. The zero-order valence-electron chi connectivity index (χ0n) is 30.8. The van der Waals surface area contributed by atoms with Crippen molar-refractivity contribution in [2.24, 2.45) is 23.5 Å². The number of primary amides is 1. The monoisotopic (exact) mass is 739 g/mol. The second-order valence-corrected chi connectivity index (χ2v) is 14.2. The summed E-state index contributed by atoms with van der Waals surface area (Å²) >= 11 is 0. The lowest BCUT2D eigenvalue weighted by molar-refractivity contribution is -0.142. The summed E-state index contributed by atoms with van der Waals surface area (Å²) in [6.07, 6.45) is 3.50. The van der Waals surface area contributed by atoms with E-state index in [4.69, 9.17) is 5.73 Å². The maximum atomic E-state index is 13.7. The fourth-order valence-electron chi connectivity index (χ4n) is 5.92. The third-order valence-electron chi connectivity index (χ3n) is 8.42. The molecular weight excluding hydrogens is 682 g/mol. The van der Waals surface area contributed by atoms with Gasteiger partial charge in [-0.2, -0.15) is 0 Å². The summed E-state index contributed by atoms with van der Waals surface area (Å²) in [4.78, 5) is 113. The van der Waals surface area contributed by atoms with Gasteiger partial charge >= 0.3 is 11.9 Å². The highest BCUT2D eigenvalue weighted by Gasteiger charge is 2.34. The van der Waals surface area contributed by atoms with Gasteiger partial charge in [0.15, 0.2) is 0 Å². The van der Waals surface area contributed by atoms with Crippen molar-refractivity contribution < 1.29 is 53.4 Å².